The Balaban J connectivity index is 2.51. The number of rotatable bonds is 5. The molecule has 0 amide bonds. The summed E-state index contributed by atoms with van der Waals surface area (Å²) in [4.78, 5) is 0. The molecule has 0 bridgehead atoms. The van der Waals surface area contributed by atoms with Crippen molar-refractivity contribution < 1.29 is 13.2 Å². The van der Waals surface area contributed by atoms with Gasteiger partial charge in [-0.15, -0.1) is 0 Å². The van der Waals surface area contributed by atoms with E-state index in [1.54, 1.807) is 0 Å². The molecular formula is C13H18F3N. The number of hydrogen-bond acceptors (Lipinski definition) is 1. The van der Waals surface area contributed by atoms with Crippen LogP contribution in [0.15, 0.2) is 24.3 Å². The summed E-state index contributed by atoms with van der Waals surface area (Å²) >= 11 is 0. The van der Waals surface area contributed by atoms with E-state index in [1.165, 1.54) is 0 Å². The van der Waals surface area contributed by atoms with Gasteiger partial charge in [-0.05, 0) is 18.9 Å². The zero-order chi connectivity index (χ0) is 12.9. The lowest BCUT2D eigenvalue weighted by atomic mass is 10.0. The van der Waals surface area contributed by atoms with Gasteiger partial charge in [0.15, 0.2) is 0 Å². The van der Waals surface area contributed by atoms with Crippen LogP contribution in [-0.4, -0.2) is 12.7 Å². The number of halogens is 3. The van der Waals surface area contributed by atoms with Crippen LogP contribution in [-0.2, 0) is 0 Å². The number of alkyl halides is 3. The van der Waals surface area contributed by atoms with Crippen LogP contribution in [0.25, 0.3) is 0 Å². The molecule has 1 N–H and O–H groups in total. The molecule has 0 spiro atoms. The topological polar surface area (TPSA) is 12.0 Å². The second-order valence-corrected chi connectivity index (χ2v) is 4.19. The molecule has 17 heavy (non-hydrogen) atoms. The van der Waals surface area contributed by atoms with Crippen LogP contribution in [0.3, 0.4) is 0 Å². The van der Waals surface area contributed by atoms with Gasteiger partial charge in [0.2, 0.25) is 0 Å². The minimum absolute atomic E-state index is 0.00190. The third kappa shape index (κ3) is 5.22. The summed E-state index contributed by atoms with van der Waals surface area (Å²) in [5, 5.41) is 2.94. The zero-order valence-corrected chi connectivity index (χ0v) is 10.1. The molecule has 1 nitrogen and oxygen atoms in total. The van der Waals surface area contributed by atoms with Crippen molar-refractivity contribution in [2.75, 3.05) is 6.54 Å². The van der Waals surface area contributed by atoms with Crippen LogP contribution in [0.5, 0.6) is 0 Å². The Hall–Kier alpha value is -1.03. The predicted molar refractivity (Wildman–Crippen MR) is 62.9 cm³/mol. The van der Waals surface area contributed by atoms with E-state index in [-0.39, 0.29) is 12.6 Å². The van der Waals surface area contributed by atoms with E-state index in [4.69, 9.17) is 0 Å². The Morgan fingerprint density at radius 2 is 1.76 bits per heavy atom. The monoisotopic (exact) mass is 245 g/mol. The molecule has 1 unspecified atom stereocenters. The molecule has 1 aromatic carbocycles. The number of benzene rings is 1. The first-order valence-electron chi connectivity index (χ1n) is 5.79. The molecule has 0 aliphatic heterocycles. The van der Waals surface area contributed by atoms with Crippen LogP contribution in [0.2, 0.25) is 0 Å². The highest BCUT2D eigenvalue weighted by atomic mass is 19.4. The Kier molecular flexibility index (Phi) is 5.00. The van der Waals surface area contributed by atoms with Gasteiger partial charge in [0.1, 0.15) is 0 Å². The molecule has 0 aliphatic carbocycles. The summed E-state index contributed by atoms with van der Waals surface area (Å²) in [6.07, 6.45) is -4.09. The molecule has 4 heteroatoms. The van der Waals surface area contributed by atoms with Crippen molar-refractivity contribution in [3.63, 3.8) is 0 Å². The van der Waals surface area contributed by atoms with Crippen LogP contribution < -0.4 is 5.32 Å². The largest absolute Gasteiger partial charge is 0.390 e. The maximum absolute atomic E-state index is 12.0. The third-order valence-corrected chi connectivity index (χ3v) is 2.69. The van der Waals surface area contributed by atoms with Gasteiger partial charge < -0.3 is 5.32 Å². The molecular weight excluding hydrogens is 227 g/mol. The molecule has 0 saturated carbocycles. The van der Waals surface area contributed by atoms with Crippen molar-refractivity contribution in [1.82, 2.24) is 5.32 Å². The zero-order valence-electron chi connectivity index (χ0n) is 10.1. The number of nitrogens with one attached hydrogen (secondary N) is 1. The van der Waals surface area contributed by atoms with Crippen molar-refractivity contribution in [2.45, 2.75) is 38.9 Å². The van der Waals surface area contributed by atoms with E-state index in [0.29, 0.717) is 0 Å². The number of hydrogen-bond donors (Lipinski definition) is 1. The van der Waals surface area contributed by atoms with Gasteiger partial charge in [-0.2, -0.15) is 13.2 Å². The summed E-state index contributed by atoms with van der Waals surface area (Å²) < 4.78 is 36.1. The van der Waals surface area contributed by atoms with Crippen molar-refractivity contribution in [2.24, 2.45) is 0 Å². The van der Waals surface area contributed by atoms with Crippen LogP contribution in [0.1, 0.15) is 36.9 Å². The normalized spacial score (nSPS) is 13.7. The second-order valence-electron chi connectivity index (χ2n) is 4.19. The van der Waals surface area contributed by atoms with Gasteiger partial charge in [-0.25, -0.2) is 0 Å². The van der Waals surface area contributed by atoms with Crippen molar-refractivity contribution in [1.29, 1.82) is 0 Å². The highest BCUT2D eigenvalue weighted by Gasteiger charge is 2.26. The molecule has 0 aliphatic rings. The van der Waals surface area contributed by atoms with Crippen LogP contribution in [0.4, 0.5) is 13.2 Å². The summed E-state index contributed by atoms with van der Waals surface area (Å²) in [6.45, 7) is 3.92. The third-order valence-electron chi connectivity index (χ3n) is 2.69. The average molecular weight is 245 g/mol. The Morgan fingerprint density at radius 3 is 2.24 bits per heavy atom. The van der Waals surface area contributed by atoms with Crippen LogP contribution >= 0.6 is 0 Å². The van der Waals surface area contributed by atoms with Gasteiger partial charge in [0.25, 0.3) is 0 Å². The molecule has 0 heterocycles. The lowest BCUT2D eigenvalue weighted by molar-refractivity contribution is -0.133. The first-order valence-corrected chi connectivity index (χ1v) is 5.79. The Bertz CT molecular complexity index is 330. The summed E-state index contributed by atoms with van der Waals surface area (Å²) in [6, 6.07) is 7.87. The van der Waals surface area contributed by atoms with E-state index >= 15 is 0 Å². The molecule has 1 rings (SSSR count). The summed E-state index contributed by atoms with van der Waals surface area (Å²) in [5.74, 6) is 0. The van der Waals surface area contributed by atoms with E-state index in [0.717, 1.165) is 17.5 Å². The minimum atomic E-state index is -4.08. The van der Waals surface area contributed by atoms with Crippen molar-refractivity contribution in [3.8, 4) is 0 Å². The van der Waals surface area contributed by atoms with E-state index in [1.807, 2.05) is 38.1 Å². The molecule has 96 valence electrons. The molecule has 0 radical (unpaired) electrons. The second kappa shape index (κ2) is 6.05. The average Bonchev–Trinajstić information content (AvgIpc) is 2.24. The summed E-state index contributed by atoms with van der Waals surface area (Å²) in [7, 11) is 0. The van der Waals surface area contributed by atoms with E-state index < -0.39 is 12.6 Å². The maximum atomic E-state index is 12.0. The van der Waals surface area contributed by atoms with E-state index in [9.17, 15) is 13.2 Å². The first kappa shape index (κ1) is 14.0. The van der Waals surface area contributed by atoms with Gasteiger partial charge >= 0.3 is 6.18 Å². The molecule has 0 aromatic heterocycles. The molecule has 1 atom stereocenters. The minimum Gasteiger partial charge on any atom is -0.310 e. The molecule has 0 fully saturated rings. The standard InChI is InChI=1S/C13H18F3N/c1-3-12(17-9-8-13(14,15)16)11-6-4-10(2)5-7-11/h4-7,12,17H,3,8-9H2,1-2H3. The summed E-state index contributed by atoms with van der Waals surface area (Å²) in [5.41, 5.74) is 2.19. The van der Waals surface area contributed by atoms with Gasteiger partial charge in [-0.3, -0.25) is 0 Å². The number of aryl methyl sites for hydroxylation is 1. The fourth-order valence-electron chi connectivity index (χ4n) is 1.68. The highest BCUT2D eigenvalue weighted by Crippen LogP contribution is 2.21. The van der Waals surface area contributed by atoms with E-state index in [2.05, 4.69) is 5.32 Å². The quantitative estimate of drug-likeness (QED) is 0.827. The van der Waals surface area contributed by atoms with Crippen molar-refractivity contribution in [3.05, 3.63) is 35.4 Å². The fraction of sp³-hybridized carbons (Fsp3) is 0.538. The molecule has 1 aromatic rings. The SMILES string of the molecule is CCC(NCCC(F)(F)F)c1ccc(C)cc1. The Labute approximate surface area is 100 Å². The smallest absolute Gasteiger partial charge is 0.310 e. The van der Waals surface area contributed by atoms with Crippen LogP contribution in [0, 0.1) is 6.92 Å². The van der Waals surface area contributed by atoms with Crippen molar-refractivity contribution >= 4 is 0 Å². The Morgan fingerprint density at radius 1 is 1.18 bits per heavy atom. The highest BCUT2D eigenvalue weighted by molar-refractivity contribution is 5.23. The first-order chi connectivity index (χ1) is 7.92. The lowest BCUT2D eigenvalue weighted by Crippen LogP contribution is -2.25. The molecule has 0 saturated heterocycles. The lowest BCUT2D eigenvalue weighted by Gasteiger charge is -2.18. The fourth-order valence-corrected chi connectivity index (χ4v) is 1.68. The van der Waals surface area contributed by atoms with Gasteiger partial charge in [0, 0.05) is 12.6 Å². The van der Waals surface area contributed by atoms with Gasteiger partial charge in [-0.1, -0.05) is 36.8 Å². The predicted octanol–water partition coefficient (Wildman–Crippen LogP) is 3.99. The maximum Gasteiger partial charge on any atom is 0.390 e. The van der Waals surface area contributed by atoms with Gasteiger partial charge in [0.05, 0.1) is 6.42 Å².